The topological polar surface area (TPSA) is 57.2 Å². The fourth-order valence-corrected chi connectivity index (χ4v) is 3.99. The highest BCUT2D eigenvalue weighted by molar-refractivity contribution is 6.06. The first-order valence-electron chi connectivity index (χ1n) is 10.8. The molecule has 0 aromatic carbocycles. The zero-order chi connectivity index (χ0) is 21.2. The molecule has 1 atom stereocenters. The van der Waals surface area contributed by atoms with E-state index in [1.807, 2.05) is 38.7 Å². The average Bonchev–Trinajstić information content (AvgIpc) is 3.40. The first kappa shape index (κ1) is 21.5. The van der Waals surface area contributed by atoms with Crippen molar-refractivity contribution >= 4 is 11.9 Å². The molecule has 1 N–H and O–H groups in total. The van der Waals surface area contributed by atoms with Crippen LogP contribution in [0.1, 0.15) is 55.8 Å². The first-order valence-corrected chi connectivity index (χ1v) is 10.8. The fraction of sp³-hybridized carbons (Fsp3) is 0.652. The molecule has 0 unspecified atom stereocenters. The van der Waals surface area contributed by atoms with Crippen LogP contribution < -0.4 is 5.32 Å². The normalized spacial score (nSPS) is 26.1. The number of hydrogen-bond acceptors (Lipinski definition) is 4. The second-order valence-corrected chi connectivity index (χ2v) is 9.21. The predicted octanol–water partition coefficient (Wildman–Crippen LogP) is 4.32. The maximum absolute atomic E-state index is 12.5. The van der Waals surface area contributed by atoms with Crippen LogP contribution in [0.4, 0.5) is 4.79 Å². The van der Waals surface area contributed by atoms with Gasteiger partial charge in [-0.15, -0.1) is 0 Å². The number of aliphatic imine (C=N–C) groups is 1. The number of rotatable bonds is 4. The third-order valence-corrected chi connectivity index (χ3v) is 5.57. The smallest absolute Gasteiger partial charge is 0.410 e. The monoisotopic (exact) mass is 402 g/mol. The van der Waals surface area contributed by atoms with Crippen LogP contribution in [-0.4, -0.2) is 59.6 Å². The molecule has 0 spiro atoms. The highest BCUT2D eigenvalue weighted by Gasteiger charge is 2.36. The van der Waals surface area contributed by atoms with E-state index in [4.69, 9.17) is 9.73 Å². The Labute approximate surface area is 176 Å². The molecular weight excluding hydrogens is 364 g/mol. The Morgan fingerprint density at radius 3 is 2.69 bits per heavy atom. The molecule has 1 saturated carbocycles. The van der Waals surface area contributed by atoms with Gasteiger partial charge in [-0.05, 0) is 65.9 Å². The van der Waals surface area contributed by atoms with Crippen LogP contribution >= 0.6 is 0 Å². The molecule has 1 saturated heterocycles. The van der Waals surface area contributed by atoms with Gasteiger partial charge in [-0.3, -0.25) is 4.99 Å². The Balaban J connectivity index is 0.00000320. The molecule has 162 valence electrons. The Kier molecular flexibility index (Phi) is 6.39. The molecule has 0 radical (unpaired) electrons. The van der Waals surface area contributed by atoms with E-state index >= 15 is 0 Å². The summed E-state index contributed by atoms with van der Waals surface area (Å²) < 4.78 is 5.56. The van der Waals surface area contributed by atoms with Gasteiger partial charge in [0.15, 0.2) is 0 Å². The van der Waals surface area contributed by atoms with Crippen molar-refractivity contribution in [3.63, 3.8) is 0 Å². The van der Waals surface area contributed by atoms with Crippen LogP contribution in [0, 0.1) is 5.92 Å². The van der Waals surface area contributed by atoms with E-state index in [0.717, 1.165) is 12.4 Å². The zero-order valence-electron chi connectivity index (χ0n) is 18.8. The van der Waals surface area contributed by atoms with Gasteiger partial charge in [0.2, 0.25) is 0 Å². The lowest BCUT2D eigenvalue weighted by Gasteiger charge is -2.42. The number of amidine groups is 1. The zero-order valence-corrected chi connectivity index (χ0v) is 18.8. The van der Waals surface area contributed by atoms with E-state index in [1.54, 1.807) is 0 Å². The number of nitrogens with one attached hydrogen (secondary N) is 1. The summed E-state index contributed by atoms with van der Waals surface area (Å²) in [5.74, 6) is 1.63. The van der Waals surface area contributed by atoms with Crippen molar-refractivity contribution in [1.82, 2.24) is 15.1 Å². The second-order valence-electron chi connectivity index (χ2n) is 9.21. The van der Waals surface area contributed by atoms with E-state index < -0.39 is 5.60 Å². The Morgan fingerprint density at radius 2 is 2.10 bits per heavy atom. The van der Waals surface area contributed by atoms with Crippen molar-refractivity contribution in [3.05, 3.63) is 35.2 Å². The standard InChI is InChI=1S/C23H36N4O2.H2/c1-7-8-11-24-21-20(19(14-25-21)18-9-10-18)17(3)27-13-12-26(15-16(27)2)22(28)29-23(4,5)6;/h7-8,14,16,18H,9-13,15H2,1-6H3,(H,24,25);1H/b8-7-,20-17+;/t16-;/m0./s1. The molecule has 1 aliphatic carbocycles. The molecule has 3 aliphatic rings. The van der Waals surface area contributed by atoms with Crippen LogP contribution in [0.5, 0.6) is 0 Å². The van der Waals surface area contributed by atoms with E-state index in [0.29, 0.717) is 25.6 Å². The predicted molar refractivity (Wildman–Crippen MR) is 120 cm³/mol. The van der Waals surface area contributed by atoms with Crippen LogP contribution in [-0.2, 0) is 4.74 Å². The fourth-order valence-electron chi connectivity index (χ4n) is 3.99. The van der Waals surface area contributed by atoms with Crippen LogP contribution in [0.15, 0.2) is 40.2 Å². The summed E-state index contributed by atoms with van der Waals surface area (Å²) in [7, 11) is 0. The lowest BCUT2D eigenvalue weighted by Crippen LogP contribution is -2.54. The molecule has 1 amide bonds. The number of allylic oxidation sites excluding steroid dienone is 2. The van der Waals surface area contributed by atoms with E-state index in [9.17, 15) is 4.79 Å². The molecule has 29 heavy (non-hydrogen) atoms. The molecule has 2 aliphatic heterocycles. The molecule has 6 heteroatoms. The SMILES string of the molecule is C/C=C\CN=C1NC=C(C2CC2)/C1=C(/C)N1CCN(C(=O)OC(C)(C)C)C[C@@H]1C.[HH]. The van der Waals surface area contributed by atoms with Crippen molar-refractivity contribution in [2.24, 2.45) is 10.9 Å². The number of carbonyl (C=O) groups excluding carboxylic acids is 1. The number of ether oxygens (including phenoxy) is 1. The summed E-state index contributed by atoms with van der Waals surface area (Å²) in [6.07, 6.45) is 8.54. The number of piperazine rings is 1. The van der Waals surface area contributed by atoms with Crippen molar-refractivity contribution in [2.45, 2.75) is 66.0 Å². The summed E-state index contributed by atoms with van der Waals surface area (Å²) in [6.45, 7) is 14.9. The van der Waals surface area contributed by atoms with Gasteiger partial charge in [0.05, 0.1) is 6.54 Å². The number of nitrogens with zero attached hydrogens (tertiary/aromatic N) is 3. The van der Waals surface area contributed by atoms with Crippen molar-refractivity contribution < 1.29 is 11.0 Å². The Morgan fingerprint density at radius 1 is 1.38 bits per heavy atom. The van der Waals surface area contributed by atoms with Gasteiger partial charge in [0.1, 0.15) is 11.4 Å². The molecule has 2 heterocycles. The first-order chi connectivity index (χ1) is 13.7. The number of carbonyl (C=O) groups is 1. The second kappa shape index (κ2) is 8.64. The van der Waals surface area contributed by atoms with Gasteiger partial charge >= 0.3 is 6.09 Å². The lowest BCUT2D eigenvalue weighted by molar-refractivity contribution is 0.0101. The highest BCUT2D eigenvalue weighted by atomic mass is 16.6. The summed E-state index contributed by atoms with van der Waals surface area (Å²) in [5, 5.41) is 3.41. The molecule has 3 rings (SSSR count). The van der Waals surface area contributed by atoms with E-state index in [-0.39, 0.29) is 13.6 Å². The maximum atomic E-state index is 12.5. The minimum atomic E-state index is -0.465. The molecule has 0 bridgehead atoms. The summed E-state index contributed by atoms with van der Waals surface area (Å²) in [6, 6.07) is 0.224. The van der Waals surface area contributed by atoms with Crippen molar-refractivity contribution in [2.75, 3.05) is 26.2 Å². The largest absolute Gasteiger partial charge is 0.444 e. The average molecular weight is 403 g/mol. The quantitative estimate of drug-likeness (QED) is 0.712. The molecule has 0 aromatic heterocycles. The molecule has 6 nitrogen and oxygen atoms in total. The third-order valence-electron chi connectivity index (χ3n) is 5.57. The summed E-state index contributed by atoms with van der Waals surface area (Å²) >= 11 is 0. The molecular formula is C23H38N4O2. The third kappa shape index (κ3) is 5.22. The van der Waals surface area contributed by atoms with E-state index in [1.165, 1.54) is 29.7 Å². The highest BCUT2D eigenvalue weighted by Crippen LogP contribution is 2.43. The van der Waals surface area contributed by atoms with Crippen molar-refractivity contribution in [1.29, 1.82) is 0 Å². The van der Waals surface area contributed by atoms with Gasteiger partial charge in [-0.1, -0.05) is 12.2 Å². The Hall–Kier alpha value is -2.24. The minimum Gasteiger partial charge on any atom is -0.444 e. The van der Waals surface area contributed by atoms with Crippen LogP contribution in [0.25, 0.3) is 0 Å². The molecule has 0 aromatic rings. The van der Waals surface area contributed by atoms with Gasteiger partial charge in [-0.25, -0.2) is 4.79 Å². The maximum Gasteiger partial charge on any atom is 0.410 e. The van der Waals surface area contributed by atoms with Crippen LogP contribution in [0.3, 0.4) is 0 Å². The van der Waals surface area contributed by atoms with Gasteiger partial charge < -0.3 is 19.9 Å². The number of hydrogen-bond donors (Lipinski definition) is 1. The van der Waals surface area contributed by atoms with Crippen molar-refractivity contribution in [3.8, 4) is 0 Å². The van der Waals surface area contributed by atoms with Gasteiger partial charge in [0.25, 0.3) is 0 Å². The minimum absolute atomic E-state index is 0. The summed E-state index contributed by atoms with van der Waals surface area (Å²) in [5.41, 5.74) is 3.44. The Bertz CT molecular complexity index is 760. The van der Waals surface area contributed by atoms with Gasteiger partial charge in [0, 0.05) is 44.6 Å². The van der Waals surface area contributed by atoms with Gasteiger partial charge in [-0.2, -0.15) is 0 Å². The lowest BCUT2D eigenvalue weighted by atomic mass is 10.00. The van der Waals surface area contributed by atoms with E-state index in [2.05, 4.69) is 36.3 Å². The van der Waals surface area contributed by atoms with Crippen LogP contribution in [0.2, 0.25) is 0 Å². The summed E-state index contributed by atoms with van der Waals surface area (Å²) in [4.78, 5) is 21.5. The molecule has 2 fully saturated rings. The number of amides is 1.